The number of carbonyl (C=O) groups is 1. The first kappa shape index (κ1) is 14.6. The number of carbonyl (C=O) groups excluding carboxylic acids is 1. The maximum atomic E-state index is 13.0. The summed E-state index contributed by atoms with van der Waals surface area (Å²) in [4.78, 5) is 11.4. The van der Waals surface area contributed by atoms with Gasteiger partial charge in [-0.1, -0.05) is 0 Å². The van der Waals surface area contributed by atoms with Crippen molar-refractivity contribution in [3.63, 3.8) is 0 Å². The molecule has 0 unspecified atom stereocenters. The van der Waals surface area contributed by atoms with E-state index >= 15 is 0 Å². The predicted octanol–water partition coefficient (Wildman–Crippen LogP) is 3.54. The average Bonchev–Trinajstić information content (AvgIpc) is 2.42. The number of halogens is 2. The van der Waals surface area contributed by atoms with E-state index in [1.807, 2.05) is 22.6 Å². The maximum Gasteiger partial charge on any atom is 0.337 e. The summed E-state index contributed by atoms with van der Waals surface area (Å²) >= 11 is 2.03. The lowest BCUT2D eigenvalue weighted by atomic mass is 10.1. The number of hydrogen-bond acceptors (Lipinski definition) is 4. The Hall–Kier alpha value is -1.83. The van der Waals surface area contributed by atoms with Crippen LogP contribution in [-0.4, -0.2) is 13.1 Å². The van der Waals surface area contributed by atoms with Crippen molar-refractivity contribution in [2.24, 2.45) is 0 Å². The molecule has 104 valence electrons. The average molecular weight is 386 g/mol. The molecule has 2 aromatic rings. The van der Waals surface area contributed by atoms with E-state index in [1.54, 1.807) is 18.2 Å². The maximum absolute atomic E-state index is 13.0. The number of nitrogens with one attached hydrogen (secondary N) is 1. The van der Waals surface area contributed by atoms with Gasteiger partial charge >= 0.3 is 5.97 Å². The molecule has 0 saturated carbocycles. The van der Waals surface area contributed by atoms with E-state index in [1.165, 1.54) is 25.3 Å². The zero-order chi connectivity index (χ0) is 14.7. The molecule has 3 N–H and O–H groups in total. The predicted molar refractivity (Wildman–Crippen MR) is 84.6 cm³/mol. The second-order valence-electron chi connectivity index (χ2n) is 4.04. The molecule has 2 rings (SSSR count). The molecular weight excluding hydrogens is 374 g/mol. The number of rotatable bonds is 3. The molecule has 4 nitrogen and oxygen atoms in total. The van der Waals surface area contributed by atoms with Gasteiger partial charge in [0.1, 0.15) is 5.82 Å². The molecule has 0 saturated heterocycles. The molecule has 0 aromatic heterocycles. The Morgan fingerprint density at radius 2 is 1.95 bits per heavy atom. The zero-order valence-corrected chi connectivity index (χ0v) is 12.8. The lowest BCUT2D eigenvalue weighted by Gasteiger charge is -2.12. The van der Waals surface area contributed by atoms with Crippen LogP contribution in [0.2, 0.25) is 0 Å². The first-order chi connectivity index (χ1) is 9.51. The van der Waals surface area contributed by atoms with E-state index in [0.717, 1.165) is 9.26 Å². The number of nitrogen functional groups attached to an aromatic ring is 1. The minimum atomic E-state index is -0.445. The largest absolute Gasteiger partial charge is 0.465 e. The van der Waals surface area contributed by atoms with Gasteiger partial charge in [-0.3, -0.25) is 0 Å². The van der Waals surface area contributed by atoms with E-state index in [9.17, 15) is 9.18 Å². The fourth-order valence-electron chi connectivity index (χ4n) is 1.66. The van der Waals surface area contributed by atoms with Crippen molar-refractivity contribution >= 4 is 45.6 Å². The smallest absolute Gasteiger partial charge is 0.337 e. The molecule has 0 aliphatic heterocycles. The Morgan fingerprint density at radius 3 is 2.55 bits per heavy atom. The second kappa shape index (κ2) is 6.08. The Kier molecular flexibility index (Phi) is 4.43. The summed E-state index contributed by atoms with van der Waals surface area (Å²) in [7, 11) is 1.31. The van der Waals surface area contributed by atoms with Gasteiger partial charge < -0.3 is 15.8 Å². The van der Waals surface area contributed by atoms with Crippen LogP contribution in [0.4, 0.5) is 21.5 Å². The number of esters is 1. The van der Waals surface area contributed by atoms with E-state index in [0.29, 0.717) is 16.9 Å². The minimum Gasteiger partial charge on any atom is -0.465 e. The summed E-state index contributed by atoms with van der Waals surface area (Å²) in [6.45, 7) is 0. The van der Waals surface area contributed by atoms with Crippen LogP contribution in [-0.2, 0) is 4.74 Å². The van der Waals surface area contributed by atoms with Crippen LogP contribution in [0.5, 0.6) is 0 Å². The number of anilines is 3. The molecule has 0 bridgehead atoms. The van der Waals surface area contributed by atoms with Gasteiger partial charge in [-0.15, -0.1) is 0 Å². The van der Waals surface area contributed by atoms with Gasteiger partial charge in [0.2, 0.25) is 0 Å². The van der Waals surface area contributed by atoms with Crippen LogP contribution in [0, 0.1) is 9.39 Å². The molecule has 0 aliphatic carbocycles. The molecule has 0 heterocycles. The molecule has 0 fully saturated rings. The third-order valence-electron chi connectivity index (χ3n) is 2.67. The molecule has 20 heavy (non-hydrogen) atoms. The first-order valence-electron chi connectivity index (χ1n) is 5.71. The minimum absolute atomic E-state index is 0.297. The van der Waals surface area contributed by atoms with Crippen LogP contribution >= 0.6 is 22.6 Å². The van der Waals surface area contributed by atoms with Crippen LogP contribution < -0.4 is 11.1 Å². The van der Waals surface area contributed by atoms with Crippen molar-refractivity contribution < 1.29 is 13.9 Å². The third-order valence-corrected chi connectivity index (χ3v) is 3.57. The molecular formula is C14H12FIN2O2. The third kappa shape index (κ3) is 3.19. The molecule has 6 heteroatoms. The lowest BCUT2D eigenvalue weighted by Crippen LogP contribution is -2.04. The van der Waals surface area contributed by atoms with Gasteiger partial charge in [-0.2, -0.15) is 0 Å². The van der Waals surface area contributed by atoms with Gasteiger partial charge in [0.25, 0.3) is 0 Å². The number of methoxy groups -OCH3 is 1. The molecule has 2 aromatic carbocycles. The molecule has 0 amide bonds. The van der Waals surface area contributed by atoms with Gasteiger partial charge in [-0.05, 0) is 59.0 Å². The van der Waals surface area contributed by atoms with Crippen molar-refractivity contribution in [3.05, 3.63) is 51.3 Å². The zero-order valence-electron chi connectivity index (χ0n) is 10.6. The number of nitrogens with two attached hydrogens (primary N) is 1. The Morgan fingerprint density at radius 1 is 1.25 bits per heavy atom. The van der Waals surface area contributed by atoms with Crippen LogP contribution in [0.25, 0.3) is 0 Å². The summed E-state index contributed by atoms with van der Waals surface area (Å²) in [5, 5.41) is 3.10. The van der Waals surface area contributed by atoms with E-state index in [-0.39, 0.29) is 5.82 Å². The summed E-state index contributed by atoms with van der Waals surface area (Å²) in [6, 6.07) is 9.24. The van der Waals surface area contributed by atoms with Crippen molar-refractivity contribution in [2.75, 3.05) is 18.2 Å². The lowest BCUT2D eigenvalue weighted by molar-refractivity contribution is 0.0601. The summed E-state index contributed by atoms with van der Waals surface area (Å²) < 4.78 is 18.4. The van der Waals surface area contributed by atoms with Crippen LogP contribution in [0.15, 0.2) is 36.4 Å². The number of hydrogen-bond donors (Lipinski definition) is 2. The van der Waals surface area contributed by atoms with Crippen molar-refractivity contribution in [1.29, 1.82) is 0 Å². The molecule has 0 spiro atoms. The monoisotopic (exact) mass is 386 g/mol. The quantitative estimate of drug-likeness (QED) is 0.481. The normalized spacial score (nSPS) is 10.2. The second-order valence-corrected chi connectivity index (χ2v) is 5.20. The van der Waals surface area contributed by atoms with E-state index in [4.69, 9.17) is 5.73 Å². The standard InChI is InChI=1S/C14H12FIN2O2/c1-20-14(19)8-2-4-13(11(17)6-8)18-12-5-3-9(15)7-10(12)16/h2-7,18H,17H2,1H3. The Labute approximate surface area is 129 Å². The SMILES string of the molecule is COC(=O)c1ccc(Nc2ccc(F)cc2I)c(N)c1. The number of benzene rings is 2. The summed E-state index contributed by atoms with van der Waals surface area (Å²) in [5.41, 5.74) is 8.07. The molecule has 0 aliphatic rings. The van der Waals surface area contributed by atoms with Gasteiger partial charge in [0.05, 0.1) is 29.7 Å². The number of ether oxygens (including phenoxy) is 1. The topological polar surface area (TPSA) is 64.3 Å². The van der Waals surface area contributed by atoms with Crippen LogP contribution in [0.1, 0.15) is 10.4 Å². The Bertz CT molecular complexity index is 662. The van der Waals surface area contributed by atoms with Crippen molar-refractivity contribution in [1.82, 2.24) is 0 Å². The Balaban J connectivity index is 2.28. The van der Waals surface area contributed by atoms with E-state index < -0.39 is 5.97 Å². The molecule has 0 radical (unpaired) electrons. The van der Waals surface area contributed by atoms with Crippen molar-refractivity contribution in [3.8, 4) is 0 Å². The molecule has 0 atom stereocenters. The highest BCUT2D eigenvalue weighted by Crippen LogP contribution is 2.27. The summed E-state index contributed by atoms with van der Waals surface area (Å²) in [6.07, 6.45) is 0. The van der Waals surface area contributed by atoms with Crippen molar-refractivity contribution in [2.45, 2.75) is 0 Å². The highest BCUT2D eigenvalue weighted by molar-refractivity contribution is 14.1. The first-order valence-corrected chi connectivity index (χ1v) is 6.79. The van der Waals surface area contributed by atoms with Gasteiger partial charge in [-0.25, -0.2) is 9.18 Å². The highest BCUT2D eigenvalue weighted by Gasteiger charge is 2.09. The van der Waals surface area contributed by atoms with Gasteiger partial charge in [0.15, 0.2) is 0 Å². The fourth-order valence-corrected chi connectivity index (χ4v) is 2.27. The van der Waals surface area contributed by atoms with Gasteiger partial charge in [0, 0.05) is 3.57 Å². The van der Waals surface area contributed by atoms with Crippen LogP contribution in [0.3, 0.4) is 0 Å². The van der Waals surface area contributed by atoms with E-state index in [2.05, 4.69) is 10.1 Å². The summed E-state index contributed by atoms with van der Waals surface area (Å²) in [5.74, 6) is -0.742. The highest BCUT2D eigenvalue weighted by atomic mass is 127. The fraction of sp³-hybridized carbons (Fsp3) is 0.0714.